The quantitative estimate of drug-likeness (QED) is 0.557. The number of carbonyl (C=O) groups excluding carboxylic acids is 2. The lowest BCUT2D eigenvalue weighted by atomic mass is 10.3. The van der Waals surface area contributed by atoms with Crippen molar-refractivity contribution in [2.45, 2.75) is 13.8 Å². The van der Waals surface area contributed by atoms with Gasteiger partial charge in [-0.2, -0.15) is 0 Å². The van der Waals surface area contributed by atoms with Gasteiger partial charge in [-0.15, -0.1) is 0 Å². The molecule has 0 saturated heterocycles. The van der Waals surface area contributed by atoms with E-state index in [0.29, 0.717) is 18.1 Å². The number of nitrogens with one attached hydrogen (secondary N) is 2. The summed E-state index contributed by atoms with van der Waals surface area (Å²) < 4.78 is 15.5. The Bertz CT molecular complexity index is 464. The Hall–Kier alpha value is -2.44. The van der Waals surface area contributed by atoms with Gasteiger partial charge < -0.3 is 24.8 Å². The molecule has 1 aromatic rings. The number of urea groups is 1. The summed E-state index contributed by atoms with van der Waals surface area (Å²) >= 11 is 0. The second-order valence-electron chi connectivity index (χ2n) is 3.83. The zero-order valence-electron chi connectivity index (χ0n) is 12.2. The van der Waals surface area contributed by atoms with E-state index in [4.69, 9.17) is 9.47 Å². The van der Waals surface area contributed by atoms with Crippen LogP contribution in [0, 0.1) is 0 Å². The molecule has 0 aliphatic heterocycles. The maximum atomic E-state index is 11.4. The summed E-state index contributed by atoms with van der Waals surface area (Å²) in [6, 6.07) is 6.63. The van der Waals surface area contributed by atoms with Crippen molar-refractivity contribution in [1.82, 2.24) is 10.6 Å². The number of ether oxygens (including phenoxy) is 3. The van der Waals surface area contributed by atoms with Crippen LogP contribution in [0.5, 0.6) is 11.5 Å². The predicted molar refractivity (Wildman–Crippen MR) is 76.3 cm³/mol. The minimum absolute atomic E-state index is 0.0429. The molecule has 2 amide bonds. The van der Waals surface area contributed by atoms with Crippen molar-refractivity contribution in [3.8, 4) is 11.5 Å². The minimum Gasteiger partial charge on any atom is -0.490 e. The zero-order valence-corrected chi connectivity index (χ0v) is 12.2. The van der Waals surface area contributed by atoms with E-state index in [1.165, 1.54) is 0 Å². The molecule has 0 fully saturated rings. The Morgan fingerprint density at radius 1 is 1.00 bits per heavy atom. The van der Waals surface area contributed by atoms with Gasteiger partial charge in [0.2, 0.25) is 0 Å². The third-order valence-corrected chi connectivity index (χ3v) is 2.31. The maximum absolute atomic E-state index is 11.4. The van der Waals surface area contributed by atoms with Gasteiger partial charge in [0.05, 0.1) is 13.2 Å². The summed E-state index contributed by atoms with van der Waals surface area (Å²) in [5.74, 6) is 0.647. The summed E-state index contributed by atoms with van der Waals surface area (Å²) in [6.45, 7) is 4.14. The van der Waals surface area contributed by atoms with Crippen molar-refractivity contribution in [2.75, 3.05) is 26.5 Å². The zero-order chi connectivity index (χ0) is 15.5. The largest absolute Gasteiger partial charge is 0.490 e. The molecule has 1 rings (SSSR count). The van der Waals surface area contributed by atoms with Crippen LogP contribution in [-0.4, -0.2) is 38.5 Å². The molecule has 0 saturated carbocycles. The number of rotatable bonds is 8. The van der Waals surface area contributed by atoms with E-state index >= 15 is 0 Å². The molecule has 0 radical (unpaired) electrons. The van der Waals surface area contributed by atoms with Gasteiger partial charge in [-0.1, -0.05) is 12.1 Å². The number of carbonyl (C=O) groups is 2. The monoisotopic (exact) mass is 296 g/mol. The van der Waals surface area contributed by atoms with Crippen LogP contribution in [0.4, 0.5) is 4.79 Å². The smallest absolute Gasteiger partial charge is 0.325 e. The molecule has 0 heterocycles. The first-order chi connectivity index (χ1) is 10.2. The van der Waals surface area contributed by atoms with E-state index in [0.717, 1.165) is 0 Å². The molecule has 0 unspecified atom stereocenters. The van der Waals surface area contributed by atoms with Gasteiger partial charge in [-0.25, -0.2) is 4.79 Å². The van der Waals surface area contributed by atoms with Crippen LogP contribution in [0.1, 0.15) is 13.8 Å². The number of hydrogen-bond donors (Lipinski definition) is 2. The summed E-state index contributed by atoms with van der Waals surface area (Å²) in [5, 5.41) is 4.82. The van der Waals surface area contributed by atoms with Crippen LogP contribution in [0.3, 0.4) is 0 Å². The van der Waals surface area contributed by atoms with Crippen LogP contribution < -0.4 is 20.1 Å². The highest BCUT2D eigenvalue weighted by molar-refractivity contribution is 5.80. The Morgan fingerprint density at radius 3 is 2.29 bits per heavy atom. The van der Waals surface area contributed by atoms with Crippen LogP contribution in [0.15, 0.2) is 24.3 Å². The highest BCUT2D eigenvalue weighted by atomic mass is 16.5. The number of amides is 2. The normalized spacial score (nSPS) is 9.62. The molecule has 0 aromatic heterocycles. The van der Waals surface area contributed by atoms with Gasteiger partial charge in [-0.3, -0.25) is 4.79 Å². The second kappa shape index (κ2) is 9.46. The second-order valence-corrected chi connectivity index (χ2v) is 3.83. The first-order valence-electron chi connectivity index (χ1n) is 6.69. The Balaban J connectivity index is 2.30. The molecular formula is C14H20N2O5. The molecule has 1 aromatic carbocycles. The van der Waals surface area contributed by atoms with Gasteiger partial charge in [0.15, 0.2) is 18.2 Å². The van der Waals surface area contributed by atoms with E-state index in [2.05, 4.69) is 15.4 Å². The first kappa shape index (κ1) is 16.6. The number of esters is 1. The van der Waals surface area contributed by atoms with Crippen molar-refractivity contribution >= 4 is 12.0 Å². The highest BCUT2D eigenvalue weighted by Gasteiger charge is 2.06. The van der Waals surface area contributed by atoms with Crippen molar-refractivity contribution < 1.29 is 23.8 Å². The van der Waals surface area contributed by atoms with Crippen LogP contribution in [-0.2, 0) is 9.53 Å². The average molecular weight is 296 g/mol. The predicted octanol–water partition coefficient (Wildman–Crippen LogP) is 1.28. The van der Waals surface area contributed by atoms with E-state index < -0.39 is 12.0 Å². The fourth-order valence-corrected chi connectivity index (χ4v) is 1.45. The average Bonchev–Trinajstić information content (AvgIpc) is 2.47. The minimum atomic E-state index is -0.517. The number of benzene rings is 1. The topological polar surface area (TPSA) is 85.9 Å². The molecule has 0 atom stereocenters. The Morgan fingerprint density at radius 2 is 1.67 bits per heavy atom. The molecule has 0 aliphatic carbocycles. The highest BCUT2D eigenvalue weighted by Crippen LogP contribution is 2.25. The third kappa shape index (κ3) is 6.51. The van der Waals surface area contributed by atoms with Gasteiger partial charge in [-0.05, 0) is 26.0 Å². The van der Waals surface area contributed by atoms with Crippen molar-refractivity contribution in [3.05, 3.63) is 24.3 Å². The summed E-state index contributed by atoms with van der Waals surface area (Å²) in [6.07, 6.45) is 0. The van der Waals surface area contributed by atoms with Crippen molar-refractivity contribution in [2.24, 2.45) is 0 Å². The first-order valence-corrected chi connectivity index (χ1v) is 6.69. The molecular weight excluding hydrogens is 276 g/mol. The van der Waals surface area contributed by atoms with E-state index in [-0.39, 0.29) is 19.9 Å². The lowest BCUT2D eigenvalue weighted by molar-refractivity contribution is -0.141. The van der Waals surface area contributed by atoms with Gasteiger partial charge in [0, 0.05) is 0 Å². The maximum Gasteiger partial charge on any atom is 0.325 e. The fraction of sp³-hybridized carbons (Fsp3) is 0.429. The fourth-order valence-electron chi connectivity index (χ4n) is 1.45. The summed E-state index contributed by atoms with van der Waals surface area (Å²) in [7, 11) is 0. The number of para-hydroxylation sites is 2. The molecule has 21 heavy (non-hydrogen) atoms. The van der Waals surface area contributed by atoms with E-state index in [9.17, 15) is 9.59 Å². The van der Waals surface area contributed by atoms with Crippen LogP contribution in [0.2, 0.25) is 0 Å². The molecule has 7 nitrogen and oxygen atoms in total. The molecule has 7 heteroatoms. The standard InChI is InChI=1S/C14H20N2O5/c1-3-19-11-7-5-6-8-12(11)21-10-16-14(18)15-9-13(17)20-4-2/h5-8H,3-4,9-10H2,1-2H3,(H2,15,16,18). The van der Waals surface area contributed by atoms with Crippen LogP contribution in [0.25, 0.3) is 0 Å². The lowest BCUT2D eigenvalue weighted by Gasteiger charge is -2.12. The molecule has 0 bridgehead atoms. The Kier molecular flexibility index (Phi) is 7.49. The summed E-state index contributed by atoms with van der Waals surface area (Å²) in [5.41, 5.74) is 0. The molecule has 0 aliphatic rings. The van der Waals surface area contributed by atoms with E-state index in [1.807, 2.05) is 13.0 Å². The van der Waals surface area contributed by atoms with E-state index in [1.54, 1.807) is 25.1 Å². The van der Waals surface area contributed by atoms with Gasteiger partial charge in [0.25, 0.3) is 0 Å². The number of hydrogen-bond acceptors (Lipinski definition) is 5. The van der Waals surface area contributed by atoms with Crippen molar-refractivity contribution in [1.29, 1.82) is 0 Å². The van der Waals surface area contributed by atoms with Gasteiger partial charge >= 0.3 is 12.0 Å². The molecule has 0 spiro atoms. The van der Waals surface area contributed by atoms with Crippen LogP contribution >= 0.6 is 0 Å². The third-order valence-electron chi connectivity index (χ3n) is 2.31. The summed E-state index contributed by atoms with van der Waals surface area (Å²) in [4.78, 5) is 22.5. The lowest BCUT2D eigenvalue weighted by Crippen LogP contribution is -2.40. The Labute approximate surface area is 123 Å². The van der Waals surface area contributed by atoms with Gasteiger partial charge in [0.1, 0.15) is 6.54 Å². The van der Waals surface area contributed by atoms with Crippen molar-refractivity contribution in [3.63, 3.8) is 0 Å². The molecule has 116 valence electrons. The SMILES string of the molecule is CCOC(=O)CNC(=O)NCOc1ccccc1OCC. The molecule has 2 N–H and O–H groups in total.